The molecule has 0 amide bonds. The quantitative estimate of drug-likeness (QED) is 0.839. The second-order valence-electron chi connectivity index (χ2n) is 5.04. The average molecular weight is 248 g/mol. The molecule has 1 unspecified atom stereocenters. The molecule has 1 aliphatic rings. The molecule has 1 atom stereocenters. The molecule has 1 heterocycles. The Kier molecular flexibility index (Phi) is 5.02. The molecule has 3 heteroatoms. The molecule has 1 fully saturated rings. The van der Waals surface area contributed by atoms with E-state index < -0.39 is 0 Å². The number of benzene rings is 1. The fourth-order valence-corrected chi connectivity index (χ4v) is 2.64. The van der Waals surface area contributed by atoms with Crippen LogP contribution in [0.5, 0.6) is 5.75 Å². The molecule has 1 aromatic rings. The standard InChI is InChI=1S/C15H24N2O/c1-18-15-6-4-13(5-7-15)14(12-16)8-11-17-9-2-3-10-17/h4-7,14H,2-3,8-12,16H2,1H3. The topological polar surface area (TPSA) is 38.5 Å². The molecule has 18 heavy (non-hydrogen) atoms. The van der Waals surface area contributed by atoms with E-state index in [4.69, 9.17) is 10.5 Å². The van der Waals surface area contributed by atoms with Gasteiger partial charge in [-0.3, -0.25) is 0 Å². The molecule has 0 spiro atoms. The van der Waals surface area contributed by atoms with Crippen LogP contribution in [0.25, 0.3) is 0 Å². The summed E-state index contributed by atoms with van der Waals surface area (Å²) in [6.45, 7) is 4.42. The van der Waals surface area contributed by atoms with Crippen molar-refractivity contribution >= 4 is 0 Å². The number of nitrogens with two attached hydrogens (primary N) is 1. The highest BCUT2D eigenvalue weighted by Gasteiger charge is 2.15. The van der Waals surface area contributed by atoms with Crippen LogP contribution < -0.4 is 10.5 Å². The van der Waals surface area contributed by atoms with Gasteiger partial charge in [-0.25, -0.2) is 0 Å². The average Bonchev–Trinajstić information content (AvgIpc) is 2.93. The molecule has 100 valence electrons. The number of methoxy groups -OCH3 is 1. The summed E-state index contributed by atoms with van der Waals surface area (Å²) in [6, 6.07) is 8.32. The van der Waals surface area contributed by atoms with Crippen LogP contribution in [-0.4, -0.2) is 38.2 Å². The lowest BCUT2D eigenvalue weighted by molar-refractivity contribution is 0.322. The van der Waals surface area contributed by atoms with Gasteiger partial charge in [-0.15, -0.1) is 0 Å². The highest BCUT2D eigenvalue weighted by atomic mass is 16.5. The minimum atomic E-state index is 0.469. The molecular formula is C15H24N2O. The van der Waals surface area contributed by atoms with E-state index in [1.807, 2.05) is 12.1 Å². The molecular weight excluding hydrogens is 224 g/mol. The Morgan fingerprint density at radius 1 is 1.22 bits per heavy atom. The molecule has 2 rings (SSSR count). The summed E-state index contributed by atoms with van der Waals surface area (Å²) in [4.78, 5) is 2.55. The van der Waals surface area contributed by atoms with Crippen molar-refractivity contribution in [3.63, 3.8) is 0 Å². The molecule has 0 aliphatic carbocycles. The van der Waals surface area contributed by atoms with Gasteiger partial charge in [0.1, 0.15) is 5.75 Å². The summed E-state index contributed by atoms with van der Waals surface area (Å²) in [5, 5.41) is 0. The third kappa shape index (κ3) is 3.47. The van der Waals surface area contributed by atoms with Gasteiger partial charge in [0.2, 0.25) is 0 Å². The van der Waals surface area contributed by atoms with E-state index in [2.05, 4.69) is 17.0 Å². The lowest BCUT2D eigenvalue weighted by Gasteiger charge is -2.20. The van der Waals surface area contributed by atoms with Gasteiger partial charge >= 0.3 is 0 Å². The first-order valence-electron chi connectivity index (χ1n) is 6.90. The molecule has 2 N–H and O–H groups in total. The Bertz CT molecular complexity index is 344. The third-order valence-electron chi connectivity index (χ3n) is 3.86. The van der Waals surface area contributed by atoms with Gasteiger partial charge in [0.25, 0.3) is 0 Å². The van der Waals surface area contributed by atoms with E-state index in [1.54, 1.807) is 7.11 Å². The van der Waals surface area contributed by atoms with Crippen molar-refractivity contribution in [3.05, 3.63) is 29.8 Å². The normalized spacial score (nSPS) is 17.9. The smallest absolute Gasteiger partial charge is 0.118 e. The van der Waals surface area contributed by atoms with Crippen molar-refractivity contribution in [2.75, 3.05) is 33.3 Å². The number of likely N-dealkylation sites (tertiary alicyclic amines) is 1. The molecule has 1 aliphatic heterocycles. The van der Waals surface area contributed by atoms with Crippen LogP contribution in [0.15, 0.2) is 24.3 Å². The second kappa shape index (κ2) is 6.76. The van der Waals surface area contributed by atoms with Crippen molar-refractivity contribution in [2.45, 2.75) is 25.2 Å². The van der Waals surface area contributed by atoms with Gasteiger partial charge in [0.15, 0.2) is 0 Å². The lowest BCUT2D eigenvalue weighted by atomic mass is 9.95. The SMILES string of the molecule is COc1ccc(C(CN)CCN2CCCC2)cc1. The number of rotatable bonds is 6. The highest BCUT2D eigenvalue weighted by Crippen LogP contribution is 2.22. The summed E-state index contributed by atoms with van der Waals surface area (Å²) in [5.41, 5.74) is 7.24. The molecule has 0 radical (unpaired) electrons. The fourth-order valence-electron chi connectivity index (χ4n) is 2.64. The minimum absolute atomic E-state index is 0.469. The first-order valence-corrected chi connectivity index (χ1v) is 6.90. The van der Waals surface area contributed by atoms with E-state index in [9.17, 15) is 0 Å². The van der Waals surface area contributed by atoms with Crippen molar-refractivity contribution in [1.82, 2.24) is 4.90 Å². The molecule has 0 saturated carbocycles. The maximum Gasteiger partial charge on any atom is 0.118 e. The Morgan fingerprint density at radius 2 is 1.89 bits per heavy atom. The fraction of sp³-hybridized carbons (Fsp3) is 0.600. The lowest BCUT2D eigenvalue weighted by Crippen LogP contribution is -2.24. The summed E-state index contributed by atoms with van der Waals surface area (Å²) in [5.74, 6) is 1.38. The van der Waals surface area contributed by atoms with Gasteiger partial charge in [-0.1, -0.05) is 12.1 Å². The van der Waals surface area contributed by atoms with Crippen LogP contribution in [0.2, 0.25) is 0 Å². The molecule has 3 nitrogen and oxygen atoms in total. The number of ether oxygens (including phenoxy) is 1. The van der Waals surface area contributed by atoms with Crippen molar-refractivity contribution in [2.24, 2.45) is 5.73 Å². The van der Waals surface area contributed by atoms with Crippen LogP contribution in [0.4, 0.5) is 0 Å². The van der Waals surface area contributed by atoms with E-state index in [-0.39, 0.29) is 0 Å². The monoisotopic (exact) mass is 248 g/mol. The third-order valence-corrected chi connectivity index (χ3v) is 3.86. The zero-order valence-electron chi connectivity index (χ0n) is 11.3. The Hall–Kier alpha value is -1.06. The van der Waals surface area contributed by atoms with E-state index >= 15 is 0 Å². The summed E-state index contributed by atoms with van der Waals surface area (Å²) in [7, 11) is 1.70. The van der Waals surface area contributed by atoms with Crippen molar-refractivity contribution in [3.8, 4) is 5.75 Å². The maximum atomic E-state index is 5.91. The van der Waals surface area contributed by atoms with Gasteiger partial charge in [0, 0.05) is 0 Å². The summed E-state index contributed by atoms with van der Waals surface area (Å²) in [6.07, 6.45) is 3.87. The van der Waals surface area contributed by atoms with E-state index in [1.165, 1.54) is 38.0 Å². The predicted molar refractivity (Wildman–Crippen MR) is 75.1 cm³/mol. The van der Waals surface area contributed by atoms with Gasteiger partial charge < -0.3 is 15.4 Å². The van der Waals surface area contributed by atoms with Gasteiger partial charge in [0.05, 0.1) is 7.11 Å². The number of nitrogens with zero attached hydrogens (tertiary/aromatic N) is 1. The number of hydrogen-bond donors (Lipinski definition) is 1. The highest BCUT2D eigenvalue weighted by molar-refractivity contribution is 5.29. The maximum absolute atomic E-state index is 5.91. The Labute approximate surface area is 110 Å². The predicted octanol–water partition coefficient (Wildman–Crippen LogP) is 2.22. The van der Waals surface area contributed by atoms with Crippen molar-refractivity contribution in [1.29, 1.82) is 0 Å². The van der Waals surface area contributed by atoms with Gasteiger partial charge in [-0.2, -0.15) is 0 Å². The first-order chi connectivity index (χ1) is 8.83. The zero-order chi connectivity index (χ0) is 12.8. The van der Waals surface area contributed by atoms with E-state index in [0.717, 1.165) is 18.7 Å². The Morgan fingerprint density at radius 3 is 2.44 bits per heavy atom. The first kappa shape index (κ1) is 13.4. The summed E-state index contributed by atoms with van der Waals surface area (Å²) >= 11 is 0. The van der Waals surface area contributed by atoms with Crippen LogP contribution in [0.1, 0.15) is 30.7 Å². The van der Waals surface area contributed by atoms with Crippen LogP contribution >= 0.6 is 0 Å². The largest absolute Gasteiger partial charge is 0.497 e. The van der Waals surface area contributed by atoms with Crippen molar-refractivity contribution < 1.29 is 4.74 Å². The van der Waals surface area contributed by atoms with E-state index in [0.29, 0.717) is 5.92 Å². The molecule has 1 aromatic carbocycles. The minimum Gasteiger partial charge on any atom is -0.497 e. The Balaban J connectivity index is 1.89. The zero-order valence-corrected chi connectivity index (χ0v) is 11.3. The summed E-state index contributed by atoms with van der Waals surface area (Å²) < 4.78 is 5.18. The molecule has 0 aromatic heterocycles. The van der Waals surface area contributed by atoms with Crippen LogP contribution in [0.3, 0.4) is 0 Å². The molecule has 1 saturated heterocycles. The molecule has 0 bridgehead atoms. The number of hydrogen-bond acceptors (Lipinski definition) is 3. The van der Waals surface area contributed by atoms with Gasteiger partial charge in [-0.05, 0) is 69.1 Å². The van der Waals surface area contributed by atoms with Crippen LogP contribution in [-0.2, 0) is 0 Å². The second-order valence-corrected chi connectivity index (χ2v) is 5.04. The van der Waals surface area contributed by atoms with Crippen LogP contribution in [0, 0.1) is 0 Å².